The van der Waals surface area contributed by atoms with Gasteiger partial charge in [0.15, 0.2) is 6.61 Å². The molecule has 0 radical (unpaired) electrons. The monoisotopic (exact) mass is 412 g/mol. The van der Waals surface area contributed by atoms with Crippen LogP contribution in [0, 0.1) is 12.8 Å². The Bertz CT molecular complexity index is 833. The molecule has 6 heteroatoms. The summed E-state index contributed by atoms with van der Waals surface area (Å²) in [5.41, 5.74) is 1.99. The van der Waals surface area contributed by atoms with Gasteiger partial charge in [0.05, 0.1) is 7.11 Å². The van der Waals surface area contributed by atoms with Crippen molar-refractivity contribution in [2.45, 2.75) is 40.3 Å². The van der Waals surface area contributed by atoms with Crippen LogP contribution in [-0.2, 0) is 16.1 Å². The molecule has 0 fully saturated rings. The molecule has 0 bridgehead atoms. The lowest BCUT2D eigenvalue weighted by Gasteiger charge is -2.29. The minimum Gasteiger partial charge on any atom is -0.497 e. The lowest BCUT2D eigenvalue weighted by Crippen LogP contribution is -2.49. The van der Waals surface area contributed by atoms with Crippen molar-refractivity contribution < 1.29 is 19.1 Å². The maximum Gasteiger partial charge on any atom is 0.261 e. The van der Waals surface area contributed by atoms with Gasteiger partial charge in [-0.15, -0.1) is 0 Å². The second kappa shape index (κ2) is 11.2. The van der Waals surface area contributed by atoms with Gasteiger partial charge in [0, 0.05) is 13.1 Å². The van der Waals surface area contributed by atoms with Gasteiger partial charge < -0.3 is 19.7 Å². The standard InChI is InChI=1S/C24H32N2O4/c1-17(2)14-25-24(28)19(4)26(15-20-7-6-8-22(13-20)29-5)23(27)16-30-21-11-9-18(3)10-12-21/h6-13,17,19H,14-16H2,1-5H3,(H,25,28)/t19-/m1/s1. The molecule has 0 unspecified atom stereocenters. The molecular weight excluding hydrogens is 380 g/mol. The van der Waals surface area contributed by atoms with Gasteiger partial charge in [-0.2, -0.15) is 0 Å². The number of ether oxygens (including phenoxy) is 2. The summed E-state index contributed by atoms with van der Waals surface area (Å²) in [5, 5.41) is 2.91. The zero-order chi connectivity index (χ0) is 22.1. The first kappa shape index (κ1) is 23.3. The Morgan fingerprint density at radius 2 is 1.73 bits per heavy atom. The molecule has 0 saturated heterocycles. The summed E-state index contributed by atoms with van der Waals surface area (Å²) in [6.45, 7) is 8.48. The van der Waals surface area contributed by atoms with Crippen molar-refractivity contribution in [2.75, 3.05) is 20.3 Å². The number of benzene rings is 2. The molecule has 2 aromatic rings. The van der Waals surface area contributed by atoms with E-state index in [9.17, 15) is 9.59 Å². The zero-order valence-electron chi connectivity index (χ0n) is 18.5. The number of hydrogen-bond acceptors (Lipinski definition) is 4. The van der Waals surface area contributed by atoms with Crippen LogP contribution >= 0.6 is 0 Å². The summed E-state index contributed by atoms with van der Waals surface area (Å²) in [4.78, 5) is 27.2. The Hall–Kier alpha value is -3.02. The maximum absolute atomic E-state index is 13.0. The summed E-state index contributed by atoms with van der Waals surface area (Å²) >= 11 is 0. The Labute approximate surface area is 179 Å². The number of amides is 2. The summed E-state index contributed by atoms with van der Waals surface area (Å²) in [6.07, 6.45) is 0. The van der Waals surface area contributed by atoms with Crippen molar-refractivity contribution >= 4 is 11.8 Å². The van der Waals surface area contributed by atoms with Crippen molar-refractivity contribution in [3.63, 3.8) is 0 Å². The van der Waals surface area contributed by atoms with Crippen molar-refractivity contribution in [1.82, 2.24) is 10.2 Å². The summed E-state index contributed by atoms with van der Waals surface area (Å²) in [5.74, 6) is 1.20. The summed E-state index contributed by atoms with van der Waals surface area (Å²) < 4.78 is 10.9. The van der Waals surface area contributed by atoms with Gasteiger partial charge in [0.2, 0.25) is 5.91 Å². The Morgan fingerprint density at radius 3 is 2.37 bits per heavy atom. The van der Waals surface area contributed by atoms with E-state index < -0.39 is 6.04 Å². The van der Waals surface area contributed by atoms with Crippen molar-refractivity contribution in [1.29, 1.82) is 0 Å². The molecule has 0 aliphatic carbocycles. The van der Waals surface area contributed by atoms with E-state index in [1.54, 1.807) is 18.9 Å². The smallest absolute Gasteiger partial charge is 0.261 e. The minimum atomic E-state index is -0.635. The van der Waals surface area contributed by atoms with E-state index in [4.69, 9.17) is 9.47 Å². The number of nitrogens with zero attached hydrogens (tertiary/aromatic N) is 1. The molecule has 0 aliphatic heterocycles. The second-order valence-electron chi connectivity index (χ2n) is 7.79. The Kier molecular flexibility index (Phi) is 8.71. The molecule has 0 aliphatic rings. The fourth-order valence-corrected chi connectivity index (χ4v) is 2.87. The molecule has 0 saturated carbocycles. The summed E-state index contributed by atoms with van der Waals surface area (Å²) in [7, 11) is 1.60. The number of carbonyl (C=O) groups excluding carboxylic acids is 2. The van der Waals surface area contributed by atoms with Crippen LogP contribution in [0.3, 0.4) is 0 Å². The van der Waals surface area contributed by atoms with Gasteiger partial charge in [-0.1, -0.05) is 43.7 Å². The molecule has 30 heavy (non-hydrogen) atoms. The molecule has 1 N–H and O–H groups in total. The number of methoxy groups -OCH3 is 1. The molecular formula is C24H32N2O4. The van der Waals surface area contributed by atoms with E-state index in [1.165, 1.54) is 0 Å². The predicted molar refractivity (Wildman–Crippen MR) is 118 cm³/mol. The highest BCUT2D eigenvalue weighted by Gasteiger charge is 2.26. The first-order valence-corrected chi connectivity index (χ1v) is 10.2. The predicted octanol–water partition coefficient (Wildman–Crippen LogP) is 3.57. The van der Waals surface area contributed by atoms with E-state index in [0.717, 1.165) is 11.1 Å². The quantitative estimate of drug-likeness (QED) is 0.648. The van der Waals surface area contributed by atoms with E-state index in [-0.39, 0.29) is 25.0 Å². The van der Waals surface area contributed by atoms with Crippen molar-refractivity contribution in [3.05, 3.63) is 59.7 Å². The summed E-state index contributed by atoms with van der Waals surface area (Å²) in [6, 6.07) is 14.3. The van der Waals surface area contributed by atoms with Crippen molar-refractivity contribution in [3.8, 4) is 11.5 Å². The van der Waals surface area contributed by atoms with Gasteiger partial charge in [0.25, 0.3) is 5.91 Å². The molecule has 2 rings (SSSR count). The fourth-order valence-electron chi connectivity index (χ4n) is 2.87. The second-order valence-corrected chi connectivity index (χ2v) is 7.79. The van der Waals surface area contributed by atoms with Crippen LogP contribution in [0.15, 0.2) is 48.5 Å². The maximum atomic E-state index is 13.0. The van der Waals surface area contributed by atoms with E-state index in [0.29, 0.717) is 24.0 Å². The number of carbonyl (C=O) groups is 2. The van der Waals surface area contributed by atoms with Crippen LogP contribution in [0.25, 0.3) is 0 Å². The van der Waals surface area contributed by atoms with E-state index >= 15 is 0 Å². The van der Waals surface area contributed by atoms with Crippen LogP contribution in [0.2, 0.25) is 0 Å². The third-order valence-electron chi connectivity index (χ3n) is 4.72. The highest BCUT2D eigenvalue weighted by Crippen LogP contribution is 2.17. The highest BCUT2D eigenvalue weighted by molar-refractivity contribution is 5.88. The van der Waals surface area contributed by atoms with Gasteiger partial charge in [-0.3, -0.25) is 9.59 Å². The molecule has 0 heterocycles. The van der Waals surface area contributed by atoms with Crippen LogP contribution in [0.1, 0.15) is 31.9 Å². The lowest BCUT2D eigenvalue weighted by molar-refractivity contribution is -0.142. The van der Waals surface area contributed by atoms with Gasteiger partial charge in [0.1, 0.15) is 17.5 Å². The fraction of sp³-hybridized carbons (Fsp3) is 0.417. The topological polar surface area (TPSA) is 67.9 Å². The average Bonchev–Trinajstić information content (AvgIpc) is 2.74. The van der Waals surface area contributed by atoms with Gasteiger partial charge >= 0.3 is 0 Å². The average molecular weight is 413 g/mol. The number of rotatable bonds is 10. The SMILES string of the molecule is COc1cccc(CN(C(=O)COc2ccc(C)cc2)[C@H](C)C(=O)NCC(C)C)c1. The number of nitrogens with one attached hydrogen (secondary N) is 1. The first-order chi connectivity index (χ1) is 14.3. The molecule has 1 atom stereocenters. The Morgan fingerprint density at radius 1 is 1.03 bits per heavy atom. The van der Waals surface area contributed by atoms with Gasteiger partial charge in [-0.25, -0.2) is 0 Å². The number of aryl methyl sites for hydroxylation is 1. The van der Waals surface area contributed by atoms with Crippen LogP contribution in [0.4, 0.5) is 0 Å². The van der Waals surface area contributed by atoms with E-state index in [2.05, 4.69) is 5.32 Å². The molecule has 2 amide bonds. The highest BCUT2D eigenvalue weighted by atomic mass is 16.5. The molecule has 0 aromatic heterocycles. The molecule has 0 spiro atoms. The van der Waals surface area contributed by atoms with E-state index in [1.807, 2.05) is 69.3 Å². The van der Waals surface area contributed by atoms with Crippen LogP contribution < -0.4 is 14.8 Å². The first-order valence-electron chi connectivity index (χ1n) is 10.2. The molecule has 2 aromatic carbocycles. The lowest BCUT2D eigenvalue weighted by atomic mass is 10.1. The van der Waals surface area contributed by atoms with Crippen LogP contribution in [-0.4, -0.2) is 43.0 Å². The van der Waals surface area contributed by atoms with Gasteiger partial charge in [-0.05, 0) is 49.6 Å². The zero-order valence-corrected chi connectivity index (χ0v) is 18.5. The molecule has 162 valence electrons. The third-order valence-corrected chi connectivity index (χ3v) is 4.72. The third kappa shape index (κ3) is 7.10. The molecule has 6 nitrogen and oxygen atoms in total. The van der Waals surface area contributed by atoms with Crippen molar-refractivity contribution in [2.24, 2.45) is 5.92 Å². The number of hydrogen-bond donors (Lipinski definition) is 1. The largest absolute Gasteiger partial charge is 0.497 e. The Balaban J connectivity index is 2.14. The van der Waals surface area contributed by atoms with Crippen LogP contribution in [0.5, 0.6) is 11.5 Å². The minimum absolute atomic E-state index is 0.144. The normalized spacial score (nSPS) is 11.7.